The smallest absolute Gasteiger partial charge is 0.276 e. The Bertz CT molecular complexity index is 697. The van der Waals surface area contributed by atoms with Crippen LogP contribution in [0.25, 0.3) is 6.08 Å². The molecule has 0 atom stereocenters. The largest absolute Gasteiger partial charge is 0.481 e. The fourth-order valence-electron chi connectivity index (χ4n) is 3.17. The highest BCUT2D eigenvalue weighted by Crippen LogP contribution is 2.27. The Morgan fingerprint density at radius 2 is 2.00 bits per heavy atom. The van der Waals surface area contributed by atoms with Crippen molar-refractivity contribution in [2.45, 2.75) is 38.1 Å². The molecule has 1 aromatic carbocycles. The molecule has 0 aromatic heterocycles. The molecule has 0 unspecified atom stereocenters. The van der Waals surface area contributed by atoms with Crippen molar-refractivity contribution in [3.8, 4) is 18.1 Å². The first kappa shape index (κ1) is 16.5. The van der Waals surface area contributed by atoms with E-state index in [1.807, 2.05) is 30.3 Å². The molecule has 24 heavy (non-hydrogen) atoms. The van der Waals surface area contributed by atoms with Crippen molar-refractivity contribution in [1.29, 1.82) is 0 Å². The minimum absolute atomic E-state index is 0.0282. The van der Waals surface area contributed by atoms with E-state index in [1.165, 1.54) is 6.42 Å². The summed E-state index contributed by atoms with van der Waals surface area (Å²) in [4.78, 5) is 14.4. The summed E-state index contributed by atoms with van der Waals surface area (Å²) in [5.74, 6) is 3.11. The van der Waals surface area contributed by atoms with Gasteiger partial charge in [-0.1, -0.05) is 37.3 Å². The molecule has 1 heterocycles. The van der Waals surface area contributed by atoms with E-state index in [9.17, 15) is 4.79 Å². The zero-order chi connectivity index (χ0) is 16.9. The van der Waals surface area contributed by atoms with Crippen LogP contribution >= 0.6 is 12.2 Å². The zero-order valence-electron chi connectivity index (χ0n) is 13.5. The zero-order valence-corrected chi connectivity index (χ0v) is 14.3. The number of rotatable bonds is 4. The first-order chi connectivity index (χ1) is 11.7. The Labute approximate surface area is 147 Å². The van der Waals surface area contributed by atoms with Crippen LogP contribution in [0.15, 0.2) is 30.0 Å². The fourth-order valence-corrected chi connectivity index (χ4v) is 3.51. The Balaban J connectivity index is 1.72. The Kier molecular flexibility index (Phi) is 5.17. The SMILES string of the molecule is C#CCOc1ccc(/C=C2/NC(=S)N(C3CCCCC3)C2=O)cc1. The van der Waals surface area contributed by atoms with Gasteiger partial charge in [-0.05, 0) is 48.8 Å². The summed E-state index contributed by atoms with van der Waals surface area (Å²) in [6, 6.07) is 7.68. The summed E-state index contributed by atoms with van der Waals surface area (Å²) < 4.78 is 5.35. The lowest BCUT2D eigenvalue weighted by Gasteiger charge is -2.29. The molecule has 5 heteroatoms. The van der Waals surface area contributed by atoms with E-state index in [4.69, 9.17) is 23.4 Å². The Morgan fingerprint density at radius 1 is 1.29 bits per heavy atom. The van der Waals surface area contributed by atoms with Crippen LogP contribution in [-0.4, -0.2) is 28.6 Å². The summed E-state index contributed by atoms with van der Waals surface area (Å²) >= 11 is 5.37. The second-order valence-corrected chi connectivity index (χ2v) is 6.40. The first-order valence-corrected chi connectivity index (χ1v) is 8.62. The second kappa shape index (κ2) is 7.50. The standard InChI is InChI=1S/C19H20N2O2S/c1-2-12-23-16-10-8-14(9-11-16)13-17-18(22)21(19(24)20-17)15-6-4-3-5-7-15/h1,8-11,13,15H,3-7,12H2,(H,20,24)/b17-13+. The average Bonchev–Trinajstić information content (AvgIpc) is 2.88. The molecule has 2 fully saturated rings. The van der Waals surface area contributed by atoms with Gasteiger partial charge in [0.1, 0.15) is 18.1 Å². The maximum atomic E-state index is 12.7. The molecular formula is C19H20N2O2S. The molecule has 1 aliphatic carbocycles. The van der Waals surface area contributed by atoms with E-state index in [0.29, 0.717) is 16.6 Å². The average molecular weight is 340 g/mol. The van der Waals surface area contributed by atoms with Crippen LogP contribution in [0.5, 0.6) is 5.75 Å². The predicted molar refractivity (Wildman–Crippen MR) is 98.2 cm³/mol. The molecule has 0 radical (unpaired) electrons. The van der Waals surface area contributed by atoms with Gasteiger partial charge in [-0.3, -0.25) is 9.69 Å². The van der Waals surface area contributed by atoms with Crippen molar-refractivity contribution in [1.82, 2.24) is 10.2 Å². The number of amides is 1. The maximum absolute atomic E-state index is 12.7. The molecule has 1 saturated carbocycles. The van der Waals surface area contributed by atoms with Gasteiger partial charge in [-0.25, -0.2) is 0 Å². The van der Waals surface area contributed by atoms with Crippen LogP contribution in [0.4, 0.5) is 0 Å². The third kappa shape index (κ3) is 3.60. The van der Waals surface area contributed by atoms with E-state index in [1.54, 1.807) is 4.90 Å². The lowest BCUT2D eigenvalue weighted by molar-refractivity contribution is -0.124. The highest BCUT2D eigenvalue weighted by atomic mass is 32.1. The number of terminal acetylenes is 1. The van der Waals surface area contributed by atoms with Gasteiger partial charge in [0.15, 0.2) is 5.11 Å². The quantitative estimate of drug-likeness (QED) is 0.520. The molecule has 1 N–H and O–H groups in total. The van der Waals surface area contributed by atoms with Gasteiger partial charge >= 0.3 is 0 Å². The molecule has 1 aromatic rings. The topological polar surface area (TPSA) is 41.6 Å². The van der Waals surface area contributed by atoms with Crippen LogP contribution in [0.1, 0.15) is 37.7 Å². The highest BCUT2D eigenvalue weighted by Gasteiger charge is 2.36. The lowest BCUT2D eigenvalue weighted by atomic mass is 9.94. The number of hydrogen-bond donors (Lipinski definition) is 1. The van der Waals surface area contributed by atoms with Crippen molar-refractivity contribution in [2.24, 2.45) is 0 Å². The molecule has 0 bridgehead atoms. The Hall–Kier alpha value is -2.32. The van der Waals surface area contributed by atoms with E-state index in [0.717, 1.165) is 31.2 Å². The summed E-state index contributed by atoms with van der Waals surface area (Å²) in [6.45, 7) is 0.241. The number of nitrogens with one attached hydrogen (secondary N) is 1. The highest BCUT2D eigenvalue weighted by molar-refractivity contribution is 7.80. The summed E-state index contributed by atoms with van der Waals surface area (Å²) in [7, 11) is 0. The van der Waals surface area contributed by atoms with Crippen LogP contribution in [0, 0.1) is 12.3 Å². The Morgan fingerprint density at radius 3 is 2.67 bits per heavy atom. The lowest BCUT2D eigenvalue weighted by Crippen LogP contribution is -2.41. The van der Waals surface area contributed by atoms with Gasteiger partial charge in [-0.15, -0.1) is 6.42 Å². The molecule has 3 rings (SSSR count). The molecule has 1 aliphatic heterocycles. The van der Waals surface area contributed by atoms with Gasteiger partial charge in [0.2, 0.25) is 0 Å². The van der Waals surface area contributed by atoms with E-state index >= 15 is 0 Å². The molecule has 1 amide bonds. The molecule has 2 aliphatic rings. The van der Waals surface area contributed by atoms with Gasteiger partial charge in [0.05, 0.1) is 0 Å². The number of thiocarbonyl (C=S) groups is 1. The first-order valence-electron chi connectivity index (χ1n) is 8.21. The van der Waals surface area contributed by atoms with Crippen molar-refractivity contribution in [3.63, 3.8) is 0 Å². The molecule has 0 spiro atoms. The van der Waals surface area contributed by atoms with Gasteiger partial charge in [0, 0.05) is 6.04 Å². The van der Waals surface area contributed by atoms with E-state index in [-0.39, 0.29) is 18.6 Å². The van der Waals surface area contributed by atoms with Crippen LogP contribution in [-0.2, 0) is 4.79 Å². The number of carbonyl (C=O) groups excluding carboxylic acids is 1. The van der Waals surface area contributed by atoms with E-state index in [2.05, 4.69) is 11.2 Å². The number of ether oxygens (including phenoxy) is 1. The van der Waals surface area contributed by atoms with Crippen molar-refractivity contribution >= 4 is 29.3 Å². The molecule has 124 valence electrons. The fraction of sp³-hybridized carbons (Fsp3) is 0.368. The van der Waals surface area contributed by atoms with Crippen molar-refractivity contribution in [2.75, 3.05) is 6.61 Å². The summed E-state index contributed by atoms with van der Waals surface area (Å²) in [6.07, 6.45) is 12.6. The van der Waals surface area contributed by atoms with Crippen LogP contribution < -0.4 is 10.1 Å². The number of carbonyl (C=O) groups is 1. The maximum Gasteiger partial charge on any atom is 0.276 e. The van der Waals surface area contributed by atoms with Crippen LogP contribution in [0.3, 0.4) is 0 Å². The van der Waals surface area contributed by atoms with Gasteiger partial charge in [0.25, 0.3) is 5.91 Å². The van der Waals surface area contributed by atoms with Crippen LogP contribution in [0.2, 0.25) is 0 Å². The molecule has 4 nitrogen and oxygen atoms in total. The summed E-state index contributed by atoms with van der Waals surface area (Å²) in [5.41, 5.74) is 1.44. The summed E-state index contributed by atoms with van der Waals surface area (Å²) in [5, 5.41) is 3.58. The number of nitrogens with zero attached hydrogens (tertiary/aromatic N) is 1. The number of hydrogen-bond acceptors (Lipinski definition) is 3. The molecule has 1 saturated heterocycles. The third-order valence-electron chi connectivity index (χ3n) is 4.36. The minimum Gasteiger partial charge on any atom is -0.481 e. The number of benzene rings is 1. The minimum atomic E-state index is -0.0282. The van der Waals surface area contributed by atoms with Crippen molar-refractivity contribution in [3.05, 3.63) is 35.5 Å². The second-order valence-electron chi connectivity index (χ2n) is 6.02. The van der Waals surface area contributed by atoms with E-state index < -0.39 is 0 Å². The van der Waals surface area contributed by atoms with Gasteiger partial charge in [-0.2, -0.15) is 0 Å². The normalized spacial score (nSPS) is 20.1. The predicted octanol–water partition coefficient (Wildman–Crippen LogP) is 3.09. The third-order valence-corrected chi connectivity index (χ3v) is 4.66. The van der Waals surface area contributed by atoms with Crippen molar-refractivity contribution < 1.29 is 9.53 Å². The molecular weight excluding hydrogens is 320 g/mol. The van der Waals surface area contributed by atoms with Gasteiger partial charge < -0.3 is 10.1 Å². The monoisotopic (exact) mass is 340 g/mol.